The smallest absolute Gasteiger partial charge is 0.271 e. The van der Waals surface area contributed by atoms with Crippen LogP contribution in [-0.4, -0.2) is 38.4 Å². The zero-order valence-corrected chi connectivity index (χ0v) is 15.9. The van der Waals surface area contributed by atoms with Crippen molar-refractivity contribution in [2.75, 3.05) is 31.2 Å². The molecule has 3 aromatic carbocycles. The fraction of sp³-hybridized carbons (Fsp3) is 0.217. The van der Waals surface area contributed by atoms with E-state index in [4.69, 9.17) is 4.74 Å². The van der Waals surface area contributed by atoms with E-state index in [0.29, 0.717) is 5.56 Å². The Bertz CT molecular complexity index is 1020. The van der Waals surface area contributed by atoms with Crippen molar-refractivity contribution in [2.24, 2.45) is 5.10 Å². The highest BCUT2D eigenvalue weighted by Gasteiger charge is 2.12. The number of rotatable bonds is 4. The van der Waals surface area contributed by atoms with Crippen molar-refractivity contribution >= 4 is 28.6 Å². The first-order chi connectivity index (χ1) is 13.7. The number of hydrogen-bond donors (Lipinski definition) is 1. The van der Waals surface area contributed by atoms with Crippen LogP contribution in [0.25, 0.3) is 10.8 Å². The lowest BCUT2D eigenvalue weighted by Gasteiger charge is -2.29. The highest BCUT2D eigenvalue weighted by molar-refractivity contribution is 6.07. The second kappa shape index (κ2) is 8.23. The number of aryl methyl sites for hydroxylation is 1. The van der Waals surface area contributed by atoms with Gasteiger partial charge in [-0.1, -0.05) is 42.5 Å². The molecule has 3 aromatic rings. The molecule has 1 fully saturated rings. The zero-order valence-electron chi connectivity index (χ0n) is 15.9. The van der Waals surface area contributed by atoms with Gasteiger partial charge >= 0.3 is 0 Å². The molecule has 0 radical (unpaired) electrons. The molecule has 142 valence electrons. The van der Waals surface area contributed by atoms with Gasteiger partial charge in [0.15, 0.2) is 0 Å². The van der Waals surface area contributed by atoms with E-state index in [0.717, 1.165) is 48.2 Å². The Kier molecular flexibility index (Phi) is 5.35. The largest absolute Gasteiger partial charge is 0.378 e. The molecule has 1 aliphatic rings. The Morgan fingerprint density at radius 3 is 2.68 bits per heavy atom. The van der Waals surface area contributed by atoms with Crippen LogP contribution in [0, 0.1) is 6.92 Å². The molecule has 0 atom stereocenters. The molecule has 0 aromatic heterocycles. The number of carbonyl (C=O) groups is 1. The Labute approximate surface area is 164 Å². The number of hydrazone groups is 1. The van der Waals surface area contributed by atoms with Gasteiger partial charge < -0.3 is 9.64 Å². The summed E-state index contributed by atoms with van der Waals surface area (Å²) in [5.41, 5.74) is 6.56. The van der Waals surface area contributed by atoms with Crippen LogP contribution in [0.4, 0.5) is 5.69 Å². The minimum atomic E-state index is -0.212. The SMILES string of the molecule is Cc1cc(N2CCOCC2)ccc1/C=N\NC(=O)c1cccc2ccccc12. The lowest BCUT2D eigenvalue weighted by molar-refractivity contribution is 0.0957. The lowest BCUT2D eigenvalue weighted by Crippen LogP contribution is -2.36. The Morgan fingerprint density at radius 1 is 1.07 bits per heavy atom. The third-order valence-electron chi connectivity index (χ3n) is 5.03. The molecule has 1 N–H and O–H groups in total. The van der Waals surface area contributed by atoms with Gasteiger partial charge in [-0.15, -0.1) is 0 Å². The van der Waals surface area contributed by atoms with E-state index in [1.54, 1.807) is 6.21 Å². The van der Waals surface area contributed by atoms with Gasteiger partial charge in [-0.2, -0.15) is 5.10 Å². The number of anilines is 1. The van der Waals surface area contributed by atoms with E-state index < -0.39 is 0 Å². The first kappa shape index (κ1) is 18.2. The third kappa shape index (κ3) is 3.89. The molecule has 4 rings (SSSR count). The minimum Gasteiger partial charge on any atom is -0.378 e. The molecular formula is C23H23N3O2. The van der Waals surface area contributed by atoms with Crippen LogP contribution in [0.15, 0.2) is 65.8 Å². The monoisotopic (exact) mass is 373 g/mol. The summed E-state index contributed by atoms with van der Waals surface area (Å²) in [5, 5.41) is 6.13. The highest BCUT2D eigenvalue weighted by atomic mass is 16.5. The summed E-state index contributed by atoms with van der Waals surface area (Å²) in [6.07, 6.45) is 1.70. The number of fused-ring (bicyclic) bond motifs is 1. The van der Waals surface area contributed by atoms with Gasteiger partial charge in [0, 0.05) is 24.3 Å². The first-order valence-electron chi connectivity index (χ1n) is 9.47. The number of nitrogens with zero attached hydrogens (tertiary/aromatic N) is 2. The van der Waals surface area contributed by atoms with Crippen molar-refractivity contribution in [3.8, 4) is 0 Å². The van der Waals surface area contributed by atoms with Gasteiger partial charge in [-0.05, 0) is 47.0 Å². The summed E-state index contributed by atoms with van der Waals surface area (Å²) in [6.45, 7) is 5.41. The molecule has 0 aliphatic carbocycles. The molecule has 0 spiro atoms. The predicted molar refractivity (Wildman–Crippen MR) is 113 cm³/mol. The molecule has 5 nitrogen and oxygen atoms in total. The van der Waals surface area contributed by atoms with Crippen LogP contribution in [0.5, 0.6) is 0 Å². The maximum atomic E-state index is 12.6. The molecule has 1 saturated heterocycles. The number of hydrogen-bond acceptors (Lipinski definition) is 4. The molecule has 1 aliphatic heterocycles. The van der Waals surface area contributed by atoms with Gasteiger partial charge in [-0.25, -0.2) is 5.43 Å². The third-order valence-corrected chi connectivity index (χ3v) is 5.03. The van der Waals surface area contributed by atoms with Crippen molar-refractivity contribution in [1.29, 1.82) is 0 Å². The zero-order chi connectivity index (χ0) is 19.3. The van der Waals surface area contributed by atoms with Crippen LogP contribution >= 0.6 is 0 Å². The molecular weight excluding hydrogens is 350 g/mol. The molecule has 1 heterocycles. The number of ether oxygens (including phenoxy) is 1. The summed E-state index contributed by atoms with van der Waals surface area (Å²) >= 11 is 0. The van der Waals surface area contributed by atoms with E-state index in [1.165, 1.54) is 5.69 Å². The number of amides is 1. The van der Waals surface area contributed by atoms with Gasteiger partial charge in [0.1, 0.15) is 0 Å². The summed E-state index contributed by atoms with van der Waals surface area (Å²) < 4.78 is 5.41. The van der Waals surface area contributed by atoms with Crippen molar-refractivity contribution in [1.82, 2.24) is 5.43 Å². The van der Waals surface area contributed by atoms with E-state index in [2.05, 4.69) is 34.5 Å². The van der Waals surface area contributed by atoms with Gasteiger partial charge in [-0.3, -0.25) is 4.79 Å². The highest BCUT2D eigenvalue weighted by Crippen LogP contribution is 2.20. The summed E-state index contributed by atoms with van der Waals surface area (Å²) in [7, 11) is 0. The summed E-state index contributed by atoms with van der Waals surface area (Å²) in [4.78, 5) is 14.9. The maximum absolute atomic E-state index is 12.6. The van der Waals surface area contributed by atoms with Crippen molar-refractivity contribution < 1.29 is 9.53 Å². The normalized spacial score (nSPS) is 14.5. The standard InChI is InChI=1S/C23H23N3O2/c1-17-15-20(26-11-13-28-14-12-26)10-9-19(17)16-24-25-23(27)22-8-4-6-18-5-2-3-7-21(18)22/h2-10,15-16H,11-14H2,1H3,(H,25,27)/b24-16-. The van der Waals surface area contributed by atoms with Crippen LogP contribution in [-0.2, 0) is 4.74 Å². The average Bonchev–Trinajstić information content (AvgIpc) is 2.75. The molecule has 28 heavy (non-hydrogen) atoms. The number of morpholine rings is 1. The Hall–Kier alpha value is -3.18. The fourth-order valence-corrected chi connectivity index (χ4v) is 3.47. The Morgan fingerprint density at radius 2 is 1.86 bits per heavy atom. The molecule has 0 unspecified atom stereocenters. The molecule has 1 amide bonds. The van der Waals surface area contributed by atoms with E-state index in [1.807, 2.05) is 48.5 Å². The van der Waals surface area contributed by atoms with Crippen molar-refractivity contribution in [3.63, 3.8) is 0 Å². The molecule has 0 saturated carbocycles. The van der Waals surface area contributed by atoms with Crippen molar-refractivity contribution in [2.45, 2.75) is 6.92 Å². The van der Waals surface area contributed by atoms with Gasteiger partial charge in [0.05, 0.1) is 19.4 Å². The van der Waals surface area contributed by atoms with Gasteiger partial charge in [0.2, 0.25) is 0 Å². The second-order valence-electron chi connectivity index (χ2n) is 6.87. The van der Waals surface area contributed by atoms with E-state index in [-0.39, 0.29) is 5.91 Å². The van der Waals surface area contributed by atoms with Crippen LogP contribution < -0.4 is 10.3 Å². The van der Waals surface area contributed by atoms with Crippen LogP contribution in [0.1, 0.15) is 21.5 Å². The topological polar surface area (TPSA) is 53.9 Å². The average molecular weight is 373 g/mol. The number of carbonyl (C=O) groups excluding carboxylic acids is 1. The van der Waals surface area contributed by atoms with E-state index in [9.17, 15) is 4.79 Å². The predicted octanol–water partition coefficient (Wildman–Crippen LogP) is 3.75. The van der Waals surface area contributed by atoms with Gasteiger partial charge in [0.25, 0.3) is 5.91 Å². The maximum Gasteiger partial charge on any atom is 0.271 e. The lowest BCUT2D eigenvalue weighted by atomic mass is 10.0. The van der Waals surface area contributed by atoms with Crippen LogP contribution in [0.2, 0.25) is 0 Å². The number of benzene rings is 3. The molecule has 5 heteroatoms. The second-order valence-corrected chi connectivity index (χ2v) is 6.87. The quantitative estimate of drug-likeness (QED) is 0.560. The number of nitrogens with one attached hydrogen (secondary N) is 1. The minimum absolute atomic E-state index is 0.212. The van der Waals surface area contributed by atoms with E-state index >= 15 is 0 Å². The fourth-order valence-electron chi connectivity index (χ4n) is 3.47. The van der Waals surface area contributed by atoms with Crippen molar-refractivity contribution in [3.05, 3.63) is 77.4 Å². The van der Waals surface area contributed by atoms with Crippen LogP contribution in [0.3, 0.4) is 0 Å². The summed E-state index contributed by atoms with van der Waals surface area (Å²) in [6, 6.07) is 19.8. The molecule has 0 bridgehead atoms. The first-order valence-corrected chi connectivity index (χ1v) is 9.47. The Balaban J connectivity index is 1.46. The summed E-state index contributed by atoms with van der Waals surface area (Å²) in [5.74, 6) is -0.212.